The highest BCUT2D eigenvalue weighted by Crippen LogP contribution is 2.39. The second-order valence-corrected chi connectivity index (χ2v) is 6.86. The molecule has 1 fully saturated rings. The van der Waals surface area contributed by atoms with E-state index < -0.39 is 0 Å². The molecule has 2 nitrogen and oxygen atoms in total. The van der Waals surface area contributed by atoms with Crippen LogP contribution in [0.4, 0.5) is 0 Å². The number of rotatable bonds is 4. The van der Waals surface area contributed by atoms with Gasteiger partial charge in [0, 0.05) is 32.5 Å². The van der Waals surface area contributed by atoms with Crippen molar-refractivity contribution in [3.05, 3.63) is 0 Å². The van der Waals surface area contributed by atoms with Crippen LogP contribution in [0.5, 0.6) is 0 Å². The van der Waals surface area contributed by atoms with Gasteiger partial charge in [0.25, 0.3) is 0 Å². The van der Waals surface area contributed by atoms with Crippen LogP contribution in [0, 0.1) is 10.8 Å². The minimum Gasteiger partial charge on any atom is -0.302 e. The van der Waals surface area contributed by atoms with E-state index in [2.05, 4.69) is 32.6 Å². The standard InChI is InChI=1S/C14H27NO/c1-6-12(16)7-8-15-10-13(2,3)9-14(4,5)11-15/h6-11H2,1-5H3. The van der Waals surface area contributed by atoms with Crippen molar-refractivity contribution in [3.8, 4) is 0 Å². The zero-order valence-electron chi connectivity index (χ0n) is 11.6. The molecular weight excluding hydrogens is 198 g/mol. The van der Waals surface area contributed by atoms with Crippen LogP contribution < -0.4 is 0 Å². The number of hydrogen-bond donors (Lipinski definition) is 0. The summed E-state index contributed by atoms with van der Waals surface area (Å²) in [5, 5.41) is 0. The van der Waals surface area contributed by atoms with E-state index in [0.29, 0.717) is 23.0 Å². The number of carbonyl (C=O) groups excluding carboxylic acids is 1. The second-order valence-electron chi connectivity index (χ2n) is 6.86. The zero-order valence-corrected chi connectivity index (χ0v) is 11.6. The van der Waals surface area contributed by atoms with Gasteiger partial charge in [-0.15, -0.1) is 0 Å². The fourth-order valence-corrected chi connectivity index (χ4v) is 3.29. The fraction of sp³-hybridized carbons (Fsp3) is 0.929. The van der Waals surface area contributed by atoms with Gasteiger partial charge >= 0.3 is 0 Å². The smallest absolute Gasteiger partial charge is 0.133 e. The van der Waals surface area contributed by atoms with Crippen LogP contribution >= 0.6 is 0 Å². The second kappa shape index (κ2) is 4.87. The maximum Gasteiger partial charge on any atom is 0.133 e. The summed E-state index contributed by atoms with van der Waals surface area (Å²) in [4.78, 5) is 13.8. The largest absolute Gasteiger partial charge is 0.302 e. The minimum atomic E-state index is 0.386. The van der Waals surface area contributed by atoms with Crippen LogP contribution in [-0.4, -0.2) is 30.3 Å². The van der Waals surface area contributed by atoms with Crippen molar-refractivity contribution in [1.29, 1.82) is 0 Å². The van der Waals surface area contributed by atoms with Crippen molar-refractivity contribution in [2.45, 2.75) is 53.9 Å². The van der Waals surface area contributed by atoms with E-state index in [0.717, 1.165) is 26.1 Å². The van der Waals surface area contributed by atoms with E-state index in [1.165, 1.54) is 6.42 Å². The summed E-state index contributed by atoms with van der Waals surface area (Å²) in [6.07, 6.45) is 2.68. The number of Topliss-reactive ketones (excluding diaryl/α,β-unsaturated/α-hetero) is 1. The van der Waals surface area contributed by atoms with E-state index >= 15 is 0 Å². The van der Waals surface area contributed by atoms with Crippen molar-refractivity contribution >= 4 is 5.78 Å². The molecule has 0 aromatic heterocycles. The molecule has 1 heterocycles. The topological polar surface area (TPSA) is 20.3 Å². The Kier molecular flexibility index (Phi) is 4.17. The van der Waals surface area contributed by atoms with E-state index in [1.807, 2.05) is 6.92 Å². The lowest BCUT2D eigenvalue weighted by atomic mass is 9.71. The van der Waals surface area contributed by atoms with Crippen LogP contribution in [0.25, 0.3) is 0 Å². The molecule has 94 valence electrons. The number of likely N-dealkylation sites (tertiary alicyclic amines) is 1. The monoisotopic (exact) mass is 225 g/mol. The Morgan fingerprint density at radius 1 is 1.12 bits per heavy atom. The van der Waals surface area contributed by atoms with E-state index in [9.17, 15) is 4.79 Å². The SMILES string of the molecule is CCC(=O)CCN1CC(C)(C)CC(C)(C)C1. The molecule has 16 heavy (non-hydrogen) atoms. The van der Waals surface area contributed by atoms with Gasteiger partial charge in [0.15, 0.2) is 0 Å². The summed E-state index contributed by atoms with van der Waals surface area (Å²) in [5.41, 5.74) is 0.772. The van der Waals surface area contributed by atoms with Crippen LogP contribution in [0.15, 0.2) is 0 Å². The van der Waals surface area contributed by atoms with Gasteiger partial charge in [0.2, 0.25) is 0 Å². The first-order valence-corrected chi connectivity index (χ1v) is 6.48. The molecule has 1 aliphatic heterocycles. The molecule has 0 radical (unpaired) electrons. The lowest BCUT2D eigenvalue weighted by Crippen LogP contribution is -2.48. The number of ketones is 1. The third kappa shape index (κ3) is 4.25. The zero-order chi connectivity index (χ0) is 12.4. The van der Waals surface area contributed by atoms with Crippen molar-refractivity contribution in [2.24, 2.45) is 10.8 Å². The van der Waals surface area contributed by atoms with E-state index in [1.54, 1.807) is 0 Å². The van der Waals surface area contributed by atoms with Gasteiger partial charge in [-0.05, 0) is 17.3 Å². The van der Waals surface area contributed by atoms with Gasteiger partial charge in [-0.3, -0.25) is 4.79 Å². The number of nitrogens with zero attached hydrogens (tertiary/aromatic N) is 1. The van der Waals surface area contributed by atoms with Gasteiger partial charge < -0.3 is 4.90 Å². The van der Waals surface area contributed by atoms with Crippen LogP contribution in [0.3, 0.4) is 0 Å². The molecule has 0 aromatic carbocycles. The first-order chi connectivity index (χ1) is 7.24. The predicted molar refractivity (Wildman–Crippen MR) is 68.5 cm³/mol. The fourth-order valence-electron chi connectivity index (χ4n) is 3.29. The van der Waals surface area contributed by atoms with Gasteiger partial charge in [-0.2, -0.15) is 0 Å². The average Bonchev–Trinajstić information content (AvgIpc) is 2.09. The van der Waals surface area contributed by atoms with Crippen LogP contribution in [0.2, 0.25) is 0 Å². The minimum absolute atomic E-state index is 0.386. The summed E-state index contributed by atoms with van der Waals surface area (Å²) in [5.74, 6) is 0.390. The van der Waals surface area contributed by atoms with Crippen LogP contribution in [0.1, 0.15) is 53.9 Å². The van der Waals surface area contributed by atoms with Crippen molar-refractivity contribution in [2.75, 3.05) is 19.6 Å². The first-order valence-electron chi connectivity index (χ1n) is 6.48. The normalized spacial score (nSPS) is 24.3. The summed E-state index contributed by atoms with van der Waals surface area (Å²) in [7, 11) is 0. The molecule has 1 saturated heterocycles. The Bertz CT molecular complexity index is 239. The molecular formula is C14H27NO. The molecule has 0 bridgehead atoms. The molecule has 0 aromatic rings. The van der Waals surface area contributed by atoms with Crippen molar-refractivity contribution in [1.82, 2.24) is 4.90 Å². The van der Waals surface area contributed by atoms with E-state index in [4.69, 9.17) is 0 Å². The lowest BCUT2D eigenvalue weighted by molar-refractivity contribution is -0.119. The third-order valence-corrected chi connectivity index (χ3v) is 3.36. The highest BCUT2D eigenvalue weighted by molar-refractivity contribution is 5.78. The molecule has 0 atom stereocenters. The van der Waals surface area contributed by atoms with Gasteiger partial charge in [-0.25, -0.2) is 0 Å². The quantitative estimate of drug-likeness (QED) is 0.732. The van der Waals surface area contributed by atoms with Gasteiger partial charge in [0.05, 0.1) is 0 Å². The Morgan fingerprint density at radius 2 is 1.62 bits per heavy atom. The van der Waals surface area contributed by atoms with E-state index in [-0.39, 0.29) is 0 Å². The van der Waals surface area contributed by atoms with Crippen LogP contribution in [-0.2, 0) is 4.79 Å². The first kappa shape index (κ1) is 13.7. The number of piperidine rings is 1. The number of carbonyl (C=O) groups is 1. The number of hydrogen-bond acceptors (Lipinski definition) is 2. The van der Waals surface area contributed by atoms with Crippen molar-refractivity contribution in [3.63, 3.8) is 0 Å². The highest BCUT2D eigenvalue weighted by atomic mass is 16.1. The molecule has 0 amide bonds. The Hall–Kier alpha value is -0.370. The Labute approximate surface area is 100 Å². The lowest BCUT2D eigenvalue weighted by Gasteiger charge is -2.47. The molecule has 0 N–H and O–H groups in total. The Balaban J connectivity index is 2.51. The maximum absolute atomic E-state index is 11.4. The summed E-state index contributed by atoms with van der Waals surface area (Å²) in [6.45, 7) is 14.5. The van der Waals surface area contributed by atoms with Gasteiger partial charge in [0.1, 0.15) is 5.78 Å². The van der Waals surface area contributed by atoms with Gasteiger partial charge in [-0.1, -0.05) is 34.6 Å². The summed E-state index contributed by atoms with van der Waals surface area (Å²) >= 11 is 0. The molecule has 0 aliphatic carbocycles. The Morgan fingerprint density at radius 3 is 2.06 bits per heavy atom. The third-order valence-electron chi connectivity index (χ3n) is 3.36. The summed E-state index contributed by atoms with van der Waals surface area (Å²) < 4.78 is 0. The molecule has 1 rings (SSSR count). The molecule has 0 spiro atoms. The molecule has 0 unspecified atom stereocenters. The average molecular weight is 225 g/mol. The van der Waals surface area contributed by atoms with Crippen molar-refractivity contribution < 1.29 is 4.79 Å². The predicted octanol–water partition coefficient (Wildman–Crippen LogP) is 3.11. The molecule has 2 heteroatoms. The summed E-state index contributed by atoms with van der Waals surface area (Å²) in [6, 6.07) is 0. The molecule has 1 aliphatic rings. The highest BCUT2D eigenvalue weighted by Gasteiger charge is 2.36. The molecule has 0 saturated carbocycles. The maximum atomic E-state index is 11.4.